The van der Waals surface area contributed by atoms with Gasteiger partial charge in [-0.2, -0.15) is 0 Å². The predicted octanol–water partition coefficient (Wildman–Crippen LogP) is 1.25. The molecule has 1 aliphatic rings. The van der Waals surface area contributed by atoms with Crippen LogP contribution in [0.25, 0.3) is 0 Å². The lowest BCUT2D eigenvalue weighted by atomic mass is 10.00. The third kappa shape index (κ3) is 1.18. The molecule has 0 aromatic heterocycles. The highest BCUT2D eigenvalue weighted by atomic mass is 19.2. The molecule has 1 aromatic rings. The quantitative estimate of drug-likeness (QED) is 0.644. The Morgan fingerprint density at radius 2 is 2.08 bits per heavy atom. The number of amides is 1. The van der Waals surface area contributed by atoms with Gasteiger partial charge in [0, 0.05) is 17.7 Å². The molecule has 0 aliphatic carbocycles. The minimum atomic E-state index is -0.896. The van der Waals surface area contributed by atoms with Crippen molar-refractivity contribution in [2.24, 2.45) is 0 Å². The van der Waals surface area contributed by atoms with Crippen LogP contribution in [0, 0.1) is 11.6 Å². The molecule has 0 saturated heterocycles. The number of carbonyl (C=O) groups excluding carboxylic acids is 1. The molecule has 1 N–H and O–H groups in total. The van der Waals surface area contributed by atoms with E-state index in [4.69, 9.17) is 0 Å². The van der Waals surface area contributed by atoms with Crippen LogP contribution in [0.2, 0.25) is 0 Å². The van der Waals surface area contributed by atoms with E-state index in [0.29, 0.717) is 13.0 Å². The molecule has 0 saturated carbocycles. The standard InChI is InChI=1S/C9H7F2NO/c10-7-2-1-6-5(8(7)11)3-4-12-9(6)13/h1-2H,3-4H2,(H,12,13). The number of benzene rings is 1. The lowest BCUT2D eigenvalue weighted by Crippen LogP contribution is -2.32. The van der Waals surface area contributed by atoms with E-state index in [1.807, 2.05) is 0 Å². The first-order valence-electron chi connectivity index (χ1n) is 3.95. The third-order valence-electron chi connectivity index (χ3n) is 2.10. The van der Waals surface area contributed by atoms with Gasteiger partial charge in [0.1, 0.15) is 0 Å². The van der Waals surface area contributed by atoms with E-state index in [9.17, 15) is 13.6 Å². The summed E-state index contributed by atoms with van der Waals surface area (Å²) in [7, 11) is 0. The van der Waals surface area contributed by atoms with E-state index in [-0.39, 0.29) is 17.0 Å². The van der Waals surface area contributed by atoms with Crippen LogP contribution in [0.4, 0.5) is 8.78 Å². The summed E-state index contributed by atoms with van der Waals surface area (Å²) in [5, 5.41) is 2.56. The summed E-state index contributed by atoms with van der Waals surface area (Å²) < 4.78 is 25.8. The Morgan fingerprint density at radius 1 is 1.31 bits per heavy atom. The van der Waals surface area contributed by atoms with Gasteiger partial charge in [-0.05, 0) is 18.6 Å². The maximum absolute atomic E-state index is 13.1. The van der Waals surface area contributed by atoms with Gasteiger partial charge >= 0.3 is 0 Å². The average Bonchev–Trinajstić information content (AvgIpc) is 2.12. The molecule has 0 spiro atoms. The Morgan fingerprint density at radius 3 is 2.85 bits per heavy atom. The Labute approximate surface area is 73.6 Å². The summed E-state index contributed by atoms with van der Waals surface area (Å²) in [6.45, 7) is 0.367. The van der Waals surface area contributed by atoms with Crippen LogP contribution >= 0.6 is 0 Å². The zero-order valence-electron chi connectivity index (χ0n) is 6.73. The molecular weight excluding hydrogens is 176 g/mol. The second-order valence-corrected chi connectivity index (χ2v) is 2.89. The Hall–Kier alpha value is -1.45. The summed E-state index contributed by atoms with van der Waals surface area (Å²) in [4.78, 5) is 11.1. The summed E-state index contributed by atoms with van der Waals surface area (Å²) in [6, 6.07) is 2.28. The van der Waals surface area contributed by atoms with Crippen LogP contribution < -0.4 is 5.32 Å². The Bertz CT molecular complexity index is 376. The molecule has 0 unspecified atom stereocenters. The predicted molar refractivity (Wildman–Crippen MR) is 42.4 cm³/mol. The van der Waals surface area contributed by atoms with Crippen LogP contribution in [0.1, 0.15) is 15.9 Å². The summed E-state index contributed by atoms with van der Waals surface area (Å²) >= 11 is 0. The normalized spacial score (nSPS) is 15.1. The van der Waals surface area contributed by atoms with Gasteiger partial charge < -0.3 is 5.32 Å². The van der Waals surface area contributed by atoms with Crippen molar-refractivity contribution in [2.45, 2.75) is 6.42 Å². The number of hydrogen-bond acceptors (Lipinski definition) is 1. The molecule has 4 heteroatoms. The number of rotatable bonds is 0. The molecule has 0 radical (unpaired) electrons. The molecular formula is C9H7F2NO. The van der Waals surface area contributed by atoms with Gasteiger partial charge in [-0.1, -0.05) is 0 Å². The largest absolute Gasteiger partial charge is 0.352 e. The van der Waals surface area contributed by atoms with E-state index in [1.54, 1.807) is 0 Å². The SMILES string of the molecule is O=C1NCCc2c1ccc(F)c2F. The fourth-order valence-corrected chi connectivity index (χ4v) is 1.45. The van der Waals surface area contributed by atoms with Crippen LogP contribution in [-0.4, -0.2) is 12.5 Å². The van der Waals surface area contributed by atoms with Gasteiger partial charge in [0.05, 0.1) is 0 Å². The van der Waals surface area contributed by atoms with Gasteiger partial charge in [0.2, 0.25) is 0 Å². The number of hydrogen-bond donors (Lipinski definition) is 1. The molecule has 1 aliphatic heterocycles. The van der Waals surface area contributed by atoms with Crippen molar-refractivity contribution in [3.63, 3.8) is 0 Å². The van der Waals surface area contributed by atoms with Crippen molar-refractivity contribution in [3.8, 4) is 0 Å². The first kappa shape index (κ1) is 8.16. The Balaban J connectivity index is 2.63. The van der Waals surface area contributed by atoms with Crippen molar-refractivity contribution in [1.29, 1.82) is 0 Å². The van der Waals surface area contributed by atoms with Crippen molar-refractivity contribution >= 4 is 5.91 Å². The second-order valence-electron chi connectivity index (χ2n) is 2.89. The Kier molecular flexibility index (Phi) is 1.76. The van der Waals surface area contributed by atoms with Crippen LogP contribution in [0.5, 0.6) is 0 Å². The molecule has 1 amide bonds. The second kappa shape index (κ2) is 2.80. The maximum Gasteiger partial charge on any atom is 0.251 e. The van der Waals surface area contributed by atoms with Gasteiger partial charge in [0.15, 0.2) is 11.6 Å². The molecule has 0 bridgehead atoms. The maximum atomic E-state index is 13.1. The van der Waals surface area contributed by atoms with Gasteiger partial charge in [-0.3, -0.25) is 4.79 Å². The highest BCUT2D eigenvalue weighted by Gasteiger charge is 2.21. The molecule has 13 heavy (non-hydrogen) atoms. The van der Waals surface area contributed by atoms with Crippen LogP contribution in [-0.2, 0) is 6.42 Å². The summed E-state index contributed by atoms with van der Waals surface area (Å²) in [5.74, 6) is -2.12. The van der Waals surface area contributed by atoms with Crippen LogP contribution in [0.3, 0.4) is 0 Å². The first-order valence-corrected chi connectivity index (χ1v) is 3.95. The molecule has 0 fully saturated rings. The first-order chi connectivity index (χ1) is 6.20. The molecule has 68 valence electrons. The van der Waals surface area contributed by atoms with E-state index in [0.717, 1.165) is 6.07 Å². The number of nitrogens with one attached hydrogen (secondary N) is 1. The van der Waals surface area contributed by atoms with Gasteiger partial charge in [0.25, 0.3) is 5.91 Å². The molecule has 1 heterocycles. The lowest BCUT2D eigenvalue weighted by molar-refractivity contribution is 0.0944. The molecule has 1 aromatic carbocycles. The van der Waals surface area contributed by atoms with E-state index < -0.39 is 11.6 Å². The van der Waals surface area contributed by atoms with E-state index in [2.05, 4.69) is 5.32 Å². The number of fused-ring (bicyclic) bond motifs is 1. The molecule has 2 nitrogen and oxygen atoms in total. The fraction of sp³-hybridized carbons (Fsp3) is 0.222. The smallest absolute Gasteiger partial charge is 0.251 e. The van der Waals surface area contributed by atoms with Crippen LogP contribution in [0.15, 0.2) is 12.1 Å². The van der Waals surface area contributed by atoms with Gasteiger partial charge in [-0.25, -0.2) is 8.78 Å². The average molecular weight is 183 g/mol. The summed E-state index contributed by atoms with van der Waals surface area (Å²) in [5.41, 5.74) is 0.425. The van der Waals surface area contributed by atoms with Gasteiger partial charge in [-0.15, -0.1) is 0 Å². The molecule has 0 atom stereocenters. The van der Waals surface area contributed by atoms with Crippen molar-refractivity contribution in [3.05, 3.63) is 34.9 Å². The third-order valence-corrected chi connectivity index (χ3v) is 2.10. The monoisotopic (exact) mass is 183 g/mol. The highest BCUT2D eigenvalue weighted by molar-refractivity contribution is 5.96. The highest BCUT2D eigenvalue weighted by Crippen LogP contribution is 2.19. The lowest BCUT2D eigenvalue weighted by Gasteiger charge is -2.16. The summed E-state index contributed by atoms with van der Waals surface area (Å²) in [6.07, 6.45) is 0.352. The molecule has 2 rings (SSSR count). The number of carbonyl (C=O) groups is 1. The van der Waals surface area contributed by atoms with Crippen molar-refractivity contribution in [1.82, 2.24) is 5.32 Å². The minimum Gasteiger partial charge on any atom is -0.352 e. The minimum absolute atomic E-state index is 0.184. The zero-order chi connectivity index (χ0) is 9.42. The topological polar surface area (TPSA) is 29.1 Å². The number of halogens is 2. The van der Waals surface area contributed by atoms with E-state index >= 15 is 0 Å². The zero-order valence-corrected chi connectivity index (χ0v) is 6.73. The van der Waals surface area contributed by atoms with Crippen molar-refractivity contribution < 1.29 is 13.6 Å². The van der Waals surface area contributed by atoms with E-state index in [1.165, 1.54) is 6.07 Å². The fourth-order valence-electron chi connectivity index (χ4n) is 1.45. The van der Waals surface area contributed by atoms with Crippen molar-refractivity contribution in [2.75, 3.05) is 6.54 Å².